The topological polar surface area (TPSA) is 61.1 Å². The normalized spacial score (nSPS) is 11.9. The maximum absolute atomic E-state index is 11.5. The first-order valence-corrected chi connectivity index (χ1v) is 6.81. The Hall–Kier alpha value is -2.34. The molecule has 3 nitrogen and oxygen atoms in total. The molecule has 2 aromatic rings. The highest BCUT2D eigenvalue weighted by Gasteiger charge is 2.21. The zero-order valence-electron chi connectivity index (χ0n) is 11.2. The lowest BCUT2D eigenvalue weighted by atomic mass is 9.89. The molecule has 0 spiro atoms. The van der Waals surface area contributed by atoms with Crippen LogP contribution in [0.1, 0.15) is 37.2 Å². The van der Waals surface area contributed by atoms with Crippen LogP contribution in [0.15, 0.2) is 42.5 Å². The van der Waals surface area contributed by atoms with Crippen LogP contribution in [0.4, 0.5) is 0 Å². The highest BCUT2D eigenvalue weighted by molar-refractivity contribution is 5.90. The molecule has 0 amide bonds. The molecule has 0 saturated heterocycles. The second-order valence-electron chi connectivity index (χ2n) is 4.86. The molecule has 1 unspecified atom stereocenters. The number of carboxylic acids is 1. The number of hydrogen-bond donors (Lipinski definition) is 1. The predicted molar refractivity (Wildman–Crippen MR) is 78.4 cm³/mol. The van der Waals surface area contributed by atoms with Gasteiger partial charge in [0.1, 0.15) is 0 Å². The van der Waals surface area contributed by atoms with Gasteiger partial charge in [0.25, 0.3) is 0 Å². The standard InChI is InChI=1S/C17H17NO2/c18-12-5-1-2-10-16(17(19)20)15-11-6-8-13-7-3-4-9-14(13)15/h3-4,6-9,11,16H,1-2,5,10H2,(H,19,20). The van der Waals surface area contributed by atoms with Gasteiger partial charge in [0, 0.05) is 6.42 Å². The number of aliphatic carboxylic acids is 1. The van der Waals surface area contributed by atoms with E-state index in [0.29, 0.717) is 12.8 Å². The van der Waals surface area contributed by atoms with Gasteiger partial charge in [0.15, 0.2) is 0 Å². The van der Waals surface area contributed by atoms with Crippen LogP contribution in [0.5, 0.6) is 0 Å². The van der Waals surface area contributed by atoms with Crippen LogP contribution in [0.25, 0.3) is 10.8 Å². The molecular weight excluding hydrogens is 250 g/mol. The molecule has 3 heteroatoms. The Labute approximate surface area is 118 Å². The van der Waals surface area contributed by atoms with Crippen LogP contribution in [0, 0.1) is 11.3 Å². The summed E-state index contributed by atoms with van der Waals surface area (Å²) in [5.41, 5.74) is 0.868. The summed E-state index contributed by atoms with van der Waals surface area (Å²) < 4.78 is 0. The summed E-state index contributed by atoms with van der Waals surface area (Å²) in [6.07, 6.45) is 2.58. The Kier molecular flexibility index (Phi) is 4.73. The van der Waals surface area contributed by atoms with Crippen molar-refractivity contribution in [1.82, 2.24) is 0 Å². The minimum absolute atomic E-state index is 0.488. The molecular formula is C17H17NO2. The molecule has 20 heavy (non-hydrogen) atoms. The molecule has 2 rings (SSSR count). The van der Waals surface area contributed by atoms with Crippen LogP contribution < -0.4 is 0 Å². The Bertz CT molecular complexity index is 637. The van der Waals surface area contributed by atoms with E-state index in [9.17, 15) is 9.90 Å². The summed E-state index contributed by atoms with van der Waals surface area (Å²) >= 11 is 0. The summed E-state index contributed by atoms with van der Waals surface area (Å²) in [6, 6.07) is 15.7. The van der Waals surface area contributed by atoms with Crippen molar-refractivity contribution < 1.29 is 9.90 Å². The van der Waals surface area contributed by atoms with E-state index in [1.165, 1.54) is 0 Å². The number of nitriles is 1. The molecule has 0 saturated carbocycles. The number of carboxylic acid groups (broad SMARTS) is 1. The van der Waals surface area contributed by atoms with Crippen molar-refractivity contribution in [2.45, 2.75) is 31.6 Å². The first-order valence-electron chi connectivity index (χ1n) is 6.81. The Balaban J connectivity index is 2.28. The van der Waals surface area contributed by atoms with Crippen LogP contribution in [0.3, 0.4) is 0 Å². The SMILES string of the molecule is N#CCCCCC(C(=O)O)c1cccc2ccccc12. The summed E-state index contributed by atoms with van der Waals surface area (Å²) in [6.45, 7) is 0. The number of hydrogen-bond acceptors (Lipinski definition) is 2. The van der Waals surface area contributed by atoms with Crippen molar-refractivity contribution in [2.24, 2.45) is 0 Å². The zero-order chi connectivity index (χ0) is 14.4. The van der Waals surface area contributed by atoms with Crippen molar-refractivity contribution in [3.05, 3.63) is 48.0 Å². The van der Waals surface area contributed by atoms with Gasteiger partial charge in [-0.25, -0.2) is 0 Å². The molecule has 1 N–H and O–H groups in total. The van der Waals surface area contributed by atoms with Crippen LogP contribution in [-0.2, 0) is 4.79 Å². The number of rotatable bonds is 6. The third kappa shape index (κ3) is 3.16. The fourth-order valence-corrected chi connectivity index (χ4v) is 2.52. The second-order valence-corrected chi connectivity index (χ2v) is 4.86. The molecule has 0 fully saturated rings. The highest BCUT2D eigenvalue weighted by Crippen LogP contribution is 2.29. The van der Waals surface area contributed by atoms with Gasteiger partial charge in [-0.05, 0) is 29.2 Å². The number of carbonyl (C=O) groups is 1. The van der Waals surface area contributed by atoms with Gasteiger partial charge in [-0.15, -0.1) is 0 Å². The Morgan fingerprint density at radius 2 is 1.90 bits per heavy atom. The minimum Gasteiger partial charge on any atom is -0.481 e. The van der Waals surface area contributed by atoms with Gasteiger partial charge in [0.2, 0.25) is 0 Å². The second kappa shape index (κ2) is 6.72. The number of unbranched alkanes of at least 4 members (excludes halogenated alkanes) is 2. The van der Waals surface area contributed by atoms with Gasteiger partial charge < -0.3 is 5.11 Å². The van der Waals surface area contributed by atoms with Crippen molar-refractivity contribution in [2.75, 3.05) is 0 Å². The van der Waals surface area contributed by atoms with Crippen LogP contribution >= 0.6 is 0 Å². The summed E-state index contributed by atoms with van der Waals surface area (Å²) in [4.78, 5) is 11.5. The molecule has 0 aliphatic rings. The monoisotopic (exact) mass is 267 g/mol. The fourth-order valence-electron chi connectivity index (χ4n) is 2.52. The predicted octanol–water partition coefficient (Wildman–Crippen LogP) is 4.09. The molecule has 102 valence electrons. The van der Waals surface area contributed by atoms with E-state index >= 15 is 0 Å². The van der Waals surface area contributed by atoms with Gasteiger partial charge in [-0.2, -0.15) is 5.26 Å². The van der Waals surface area contributed by atoms with Crippen molar-refractivity contribution in [1.29, 1.82) is 5.26 Å². The first kappa shape index (κ1) is 14.1. The Morgan fingerprint density at radius 1 is 1.15 bits per heavy atom. The van der Waals surface area contributed by atoms with Crippen LogP contribution in [-0.4, -0.2) is 11.1 Å². The number of benzene rings is 2. The van der Waals surface area contributed by atoms with E-state index in [1.54, 1.807) is 0 Å². The van der Waals surface area contributed by atoms with E-state index in [0.717, 1.165) is 29.2 Å². The van der Waals surface area contributed by atoms with E-state index in [1.807, 2.05) is 42.5 Å². The van der Waals surface area contributed by atoms with Gasteiger partial charge >= 0.3 is 5.97 Å². The van der Waals surface area contributed by atoms with Crippen molar-refractivity contribution >= 4 is 16.7 Å². The molecule has 1 atom stereocenters. The average Bonchev–Trinajstić information content (AvgIpc) is 2.47. The quantitative estimate of drug-likeness (QED) is 0.802. The zero-order valence-corrected chi connectivity index (χ0v) is 11.2. The molecule has 0 aliphatic carbocycles. The summed E-state index contributed by atoms with van der Waals surface area (Å²) in [5, 5.41) is 20.1. The van der Waals surface area contributed by atoms with E-state index < -0.39 is 11.9 Å². The van der Waals surface area contributed by atoms with E-state index in [2.05, 4.69) is 6.07 Å². The van der Waals surface area contributed by atoms with Gasteiger partial charge in [-0.1, -0.05) is 48.9 Å². The third-order valence-electron chi connectivity index (χ3n) is 3.53. The maximum Gasteiger partial charge on any atom is 0.310 e. The average molecular weight is 267 g/mol. The number of fused-ring (bicyclic) bond motifs is 1. The van der Waals surface area contributed by atoms with E-state index in [-0.39, 0.29) is 0 Å². The first-order chi connectivity index (χ1) is 9.74. The van der Waals surface area contributed by atoms with Crippen molar-refractivity contribution in [3.63, 3.8) is 0 Å². The third-order valence-corrected chi connectivity index (χ3v) is 3.53. The lowest BCUT2D eigenvalue weighted by molar-refractivity contribution is -0.139. The largest absolute Gasteiger partial charge is 0.481 e. The highest BCUT2D eigenvalue weighted by atomic mass is 16.4. The lowest BCUT2D eigenvalue weighted by Gasteiger charge is -2.15. The summed E-state index contributed by atoms with van der Waals surface area (Å²) in [7, 11) is 0. The molecule has 0 aromatic heterocycles. The summed E-state index contributed by atoms with van der Waals surface area (Å²) in [5.74, 6) is -1.29. The molecule has 0 aliphatic heterocycles. The molecule has 2 aromatic carbocycles. The molecule has 0 radical (unpaired) electrons. The smallest absolute Gasteiger partial charge is 0.310 e. The van der Waals surface area contributed by atoms with Gasteiger partial charge in [0.05, 0.1) is 12.0 Å². The van der Waals surface area contributed by atoms with E-state index in [4.69, 9.17) is 5.26 Å². The lowest BCUT2D eigenvalue weighted by Crippen LogP contribution is -2.12. The minimum atomic E-state index is -0.793. The maximum atomic E-state index is 11.5. The number of nitrogens with zero attached hydrogens (tertiary/aromatic N) is 1. The molecule has 0 bridgehead atoms. The van der Waals surface area contributed by atoms with Crippen LogP contribution in [0.2, 0.25) is 0 Å². The van der Waals surface area contributed by atoms with Crippen molar-refractivity contribution in [3.8, 4) is 6.07 Å². The van der Waals surface area contributed by atoms with Gasteiger partial charge in [-0.3, -0.25) is 4.79 Å². The molecule has 0 heterocycles. The fraction of sp³-hybridized carbons (Fsp3) is 0.294. The Morgan fingerprint density at radius 3 is 2.65 bits per heavy atom.